The Hall–Kier alpha value is -0.0400. The van der Waals surface area contributed by atoms with E-state index in [1.54, 1.807) is 0 Å². The molecule has 0 saturated carbocycles. The molecule has 0 fully saturated rings. The third-order valence-corrected chi connectivity index (χ3v) is 7.94. The Kier molecular flexibility index (Phi) is 23.3. The van der Waals surface area contributed by atoms with Crippen LogP contribution in [0.1, 0.15) is 115 Å². The summed E-state index contributed by atoms with van der Waals surface area (Å²) in [5.74, 6) is -1.61. The Labute approximate surface area is 293 Å². The van der Waals surface area contributed by atoms with E-state index in [-0.39, 0.29) is 65.5 Å². The monoisotopic (exact) mass is 630 g/mol. The summed E-state index contributed by atoms with van der Waals surface area (Å²) < 4.78 is 28.6. The van der Waals surface area contributed by atoms with Gasteiger partial charge >= 0.3 is 64.8 Å². The zero-order chi connectivity index (χ0) is 29.4. The van der Waals surface area contributed by atoms with Crippen molar-refractivity contribution in [3.8, 4) is 0 Å². The number of carboxylic acids is 1. The number of carboxylic acid groups (broad SMARTS) is 1. The minimum absolute atomic E-state index is 0. The van der Waals surface area contributed by atoms with Crippen LogP contribution in [0.15, 0.2) is 27.9 Å². The van der Waals surface area contributed by atoms with E-state index in [1.165, 1.54) is 83.1 Å². The Bertz CT molecular complexity index is 1100. The number of ether oxygens (including phenoxy) is 1. The normalized spacial score (nSPS) is 18.2. The second-order valence-corrected chi connectivity index (χ2v) is 11.8. The van der Waals surface area contributed by atoms with E-state index in [2.05, 4.69) is 11.9 Å². The molecule has 2 unspecified atom stereocenters. The quantitative estimate of drug-likeness (QED) is 0.0649. The molecule has 14 heteroatoms. The number of aromatic nitrogens is 2. The number of aromatic amines is 1. The fourth-order valence-electron chi connectivity index (χ4n) is 4.61. The van der Waals surface area contributed by atoms with Gasteiger partial charge in [0.1, 0.15) is 12.2 Å². The largest absolute Gasteiger partial charge is 1.00 e. The molecule has 2 rings (SSSR count). The van der Waals surface area contributed by atoms with Crippen LogP contribution in [-0.4, -0.2) is 34.3 Å². The summed E-state index contributed by atoms with van der Waals surface area (Å²) in [5.41, 5.74) is -0.880. The number of hydrogen-bond acceptors (Lipinski definition) is 9. The van der Waals surface area contributed by atoms with Crippen molar-refractivity contribution >= 4 is 13.8 Å². The summed E-state index contributed by atoms with van der Waals surface area (Å²) in [6.45, 7) is 3.29. The minimum atomic E-state index is -4.96. The van der Waals surface area contributed by atoms with E-state index in [9.17, 15) is 28.9 Å². The number of aliphatic carboxylic acids is 1. The molecule has 0 amide bonds. The fourth-order valence-corrected chi connectivity index (χ4v) is 5.50. The molecule has 1 N–H and O–H groups in total. The van der Waals surface area contributed by atoms with Crippen molar-refractivity contribution in [3.05, 3.63) is 44.8 Å². The average molecular weight is 631 g/mol. The van der Waals surface area contributed by atoms with Gasteiger partial charge in [0.15, 0.2) is 6.23 Å². The maximum absolute atomic E-state index is 12.3. The fraction of sp³-hybridized carbons (Fsp3) is 0.750. The van der Waals surface area contributed by atoms with Gasteiger partial charge in [0.25, 0.3) is 13.4 Å². The maximum atomic E-state index is 12.3. The van der Waals surface area contributed by atoms with Crippen molar-refractivity contribution < 1.29 is 92.3 Å². The van der Waals surface area contributed by atoms with Gasteiger partial charge in [-0.1, -0.05) is 103 Å². The first-order valence-electron chi connectivity index (χ1n) is 14.6. The summed E-state index contributed by atoms with van der Waals surface area (Å²) in [4.78, 5) is 49.4. The summed E-state index contributed by atoms with van der Waals surface area (Å²) in [6.07, 6.45) is 17.2. The van der Waals surface area contributed by atoms with Crippen molar-refractivity contribution in [1.29, 1.82) is 0 Å². The Morgan fingerprint density at radius 2 is 1.50 bits per heavy atom. The van der Waals surface area contributed by atoms with Crippen molar-refractivity contribution in [2.24, 2.45) is 0 Å². The van der Waals surface area contributed by atoms with E-state index in [1.807, 2.05) is 0 Å². The molecular formula is C28H45N2Na2O9P. The molecule has 1 aliphatic heterocycles. The standard InChI is InChI=1S/C28H47N2O9P.2Na/c1-3-4-5-6-7-8-9-10-11-12-13-14-15-16-17-24(27(32)33)39-40(35,36)37-21-23-18-19-25(38-23)30-20-22(2)26(31)29-28(30)34;;/h18-20,23-25H,3-17,21H2,1-2H3,(H,32,33)(H,35,36)(H,29,31,34);;/q;2*+1/p-2/t23-,24?,25+;;/m0../s1. The van der Waals surface area contributed by atoms with Crippen molar-refractivity contribution in [1.82, 2.24) is 9.55 Å². The predicted octanol–water partition coefficient (Wildman–Crippen LogP) is -2.20. The first-order valence-corrected chi connectivity index (χ1v) is 16.1. The molecule has 42 heavy (non-hydrogen) atoms. The number of H-pyrrole nitrogens is 1. The van der Waals surface area contributed by atoms with E-state index in [0.29, 0.717) is 12.0 Å². The number of carbonyl (C=O) groups is 1. The number of carbonyl (C=O) groups excluding carboxylic acids is 1. The molecule has 4 atom stereocenters. The van der Waals surface area contributed by atoms with E-state index in [0.717, 1.165) is 30.3 Å². The van der Waals surface area contributed by atoms with E-state index >= 15 is 0 Å². The summed E-state index contributed by atoms with van der Waals surface area (Å²) in [5, 5.41) is 11.4. The van der Waals surface area contributed by atoms with Crippen LogP contribution in [0, 0.1) is 6.92 Å². The van der Waals surface area contributed by atoms with Gasteiger partial charge in [0.05, 0.1) is 12.6 Å². The van der Waals surface area contributed by atoms with E-state index in [4.69, 9.17) is 13.8 Å². The third-order valence-electron chi connectivity index (χ3n) is 6.96. The third kappa shape index (κ3) is 16.9. The zero-order valence-corrected chi connectivity index (χ0v) is 30.7. The van der Waals surface area contributed by atoms with Crippen molar-refractivity contribution in [3.63, 3.8) is 0 Å². The predicted molar refractivity (Wildman–Crippen MR) is 147 cm³/mol. The van der Waals surface area contributed by atoms with Crippen LogP contribution in [0.4, 0.5) is 0 Å². The van der Waals surface area contributed by atoms with Crippen LogP contribution in [-0.2, 0) is 23.1 Å². The Morgan fingerprint density at radius 3 is 2.02 bits per heavy atom. The van der Waals surface area contributed by atoms with Crippen LogP contribution in [0.5, 0.6) is 0 Å². The molecule has 1 aliphatic rings. The number of phosphoric ester groups is 1. The molecule has 0 aliphatic carbocycles. The number of unbranched alkanes of at least 4 members (excludes halogenated alkanes) is 13. The number of nitrogens with one attached hydrogen (secondary N) is 1. The molecule has 0 saturated heterocycles. The second kappa shape index (κ2) is 23.3. The van der Waals surface area contributed by atoms with Gasteiger partial charge in [-0.3, -0.25) is 18.9 Å². The zero-order valence-electron chi connectivity index (χ0n) is 25.8. The summed E-state index contributed by atoms with van der Waals surface area (Å²) >= 11 is 0. The second-order valence-electron chi connectivity index (χ2n) is 10.5. The van der Waals surface area contributed by atoms with Gasteiger partial charge in [0.2, 0.25) is 0 Å². The van der Waals surface area contributed by atoms with Gasteiger partial charge in [-0.25, -0.2) is 4.79 Å². The van der Waals surface area contributed by atoms with Crippen LogP contribution >= 0.6 is 7.82 Å². The summed E-state index contributed by atoms with van der Waals surface area (Å²) in [6, 6.07) is 0. The van der Waals surface area contributed by atoms with Crippen LogP contribution in [0.3, 0.4) is 0 Å². The molecule has 1 aromatic rings. The van der Waals surface area contributed by atoms with E-state index < -0.39 is 50.1 Å². The Balaban J connectivity index is 0.00000840. The number of aryl methyl sites for hydroxylation is 1. The van der Waals surface area contributed by atoms with Crippen LogP contribution in [0.25, 0.3) is 0 Å². The van der Waals surface area contributed by atoms with Crippen molar-refractivity contribution in [2.45, 2.75) is 129 Å². The van der Waals surface area contributed by atoms with Gasteiger partial charge in [-0.2, -0.15) is 0 Å². The summed E-state index contributed by atoms with van der Waals surface area (Å²) in [7, 11) is -4.96. The van der Waals surface area contributed by atoms with Crippen LogP contribution in [0.2, 0.25) is 0 Å². The number of rotatable bonds is 22. The molecule has 2 heterocycles. The number of nitrogens with zero attached hydrogens (tertiary/aromatic N) is 1. The molecule has 0 bridgehead atoms. The smallest absolute Gasteiger partial charge is 0.756 e. The molecular weight excluding hydrogens is 585 g/mol. The minimum Gasteiger partial charge on any atom is -0.756 e. The molecule has 228 valence electrons. The van der Waals surface area contributed by atoms with Gasteiger partial charge in [-0.15, -0.1) is 0 Å². The Morgan fingerprint density at radius 1 is 0.976 bits per heavy atom. The first kappa shape index (κ1) is 42.0. The molecule has 0 spiro atoms. The number of phosphoric acid groups is 1. The average Bonchev–Trinajstić information content (AvgIpc) is 3.38. The van der Waals surface area contributed by atoms with Gasteiger partial charge in [-0.05, 0) is 19.4 Å². The van der Waals surface area contributed by atoms with Crippen molar-refractivity contribution in [2.75, 3.05) is 6.61 Å². The van der Waals surface area contributed by atoms with Crippen LogP contribution < -0.4 is 80.4 Å². The number of hydrogen-bond donors (Lipinski definition) is 1. The molecule has 1 aromatic heterocycles. The molecule has 0 radical (unpaired) electrons. The topological polar surface area (TPSA) is 163 Å². The van der Waals surface area contributed by atoms with Gasteiger partial charge in [0, 0.05) is 11.8 Å². The SMILES string of the molecule is CCCCCCCCCCCCCCCCC(OP(=O)([O-])OC[C@@H]1C=C[C@H](n2cc(C)c(=O)[nH]c2=O)O1)C(=O)[O-].[Na+].[Na+]. The molecule has 0 aromatic carbocycles. The maximum Gasteiger partial charge on any atom is 1.00 e. The molecule has 11 nitrogen and oxygen atoms in total. The van der Waals surface area contributed by atoms with Gasteiger partial charge < -0.3 is 28.6 Å². The first-order chi connectivity index (χ1) is 19.1.